The van der Waals surface area contributed by atoms with E-state index in [1.54, 1.807) is 30.6 Å². The molecule has 0 atom stereocenters. The molecule has 0 saturated heterocycles. The Balaban J connectivity index is 1.61. The summed E-state index contributed by atoms with van der Waals surface area (Å²) in [5.74, 6) is -0.603. The van der Waals surface area contributed by atoms with Gasteiger partial charge < -0.3 is 10.6 Å². The largest absolute Gasteiger partial charge is 0.352 e. The fourth-order valence-corrected chi connectivity index (χ4v) is 3.67. The molecule has 2 aromatic carbocycles. The lowest BCUT2D eigenvalue weighted by molar-refractivity contribution is -0.113. The monoisotopic (exact) mass is 440 g/mol. The number of nitrogens with zero attached hydrogens (tertiary/aromatic N) is 2. The number of amides is 2. The topological polar surface area (TPSA) is 76.0 Å². The number of aryl methyl sites for hydroxylation is 1. The van der Waals surface area contributed by atoms with Crippen LogP contribution in [0.5, 0.6) is 0 Å². The number of nitrogens with one attached hydrogen (secondary N) is 2. The van der Waals surface area contributed by atoms with Crippen molar-refractivity contribution in [2.24, 2.45) is 0 Å². The maximum atomic E-state index is 13.4. The van der Waals surface area contributed by atoms with Crippen LogP contribution >= 0.6 is 11.8 Å². The number of rotatable bonds is 9. The minimum absolute atomic E-state index is 0.0930. The minimum Gasteiger partial charge on any atom is -0.352 e. The third kappa shape index (κ3) is 6.18. The Morgan fingerprint density at radius 1 is 1.16 bits per heavy atom. The van der Waals surface area contributed by atoms with Gasteiger partial charge in [-0.2, -0.15) is 0 Å². The molecular formula is C23H25FN4O2S. The van der Waals surface area contributed by atoms with Crippen LogP contribution in [0.2, 0.25) is 0 Å². The van der Waals surface area contributed by atoms with Crippen LogP contribution in [-0.2, 0) is 4.79 Å². The number of aromatic nitrogens is 2. The van der Waals surface area contributed by atoms with Crippen molar-refractivity contribution in [3.8, 4) is 5.69 Å². The van der Waals surface area contributed by atoms with Crippen molar-refractivity contribution >= 4 is 29.3 Å². The predicted molar refractivity (Wildman–Crippen MR) is 121 cm³/mol. The molecule has 0 aliphatic carbocycles. The van der Waals surface area contributed by atoms with E-state index in [-0.39, 0.29) is 17.6 Å². The summed E-state index contributed by atoms with van der Waals surface area (Å²) in [6.07, 6.45) is 5.43. The Morgan fingerprint density at radius 2 is 1.94 bits per heavy atom. The Morgan fingerprint density at radius 3 is 2.68 bits per heavy atom. The van der Waals surface area contributed by atoms with Crippen molar-refractivity contribution in [2.45, 2.75) is 31.8 Å². The highest BCUT2D eigenvalue weighted by Gasteiger charge is 2.12. The first-order valence-corrected chi connectivity index (χ1v) is 11.1. The Labute approximate surface area is 185 Å². The van der Waals surface area contributed by atoms with Crippen LogP contribution in [0.15, 0.2) is 60.0 Å². The average molecular weight is 441 g/mol. The first kappa shape index (κ1) is 22.6. The van der Waals surface area contributed by atoms with Gasteiger partial charge in [-0.25, -0.2) is 9.37 Å². The number of halogens is 1. The summed E-state index contributed by atoms with van der Waals surface area (Å²) in [5.41, 5.74) is 2.69. The third-order valence-electron chi connectivity index (χ3n) is 4.64. The first-order valence-electron chi connectivity index (χ1n) is 10.1. The lowest BCUT2D eigenvalue weighted by Gasteiger charge is -2.10. The molecule has 0 aliphatic rings. The quantitative estimate of drug-likeness (QED) is 0.377. The van der Waals surface area contributed by atoms with Gasteiger partial charge in [-0.1, -0.05) is 31.2 Å². The van der Waals surface area contributed by atoms with Gasteiger partial charge in [-0.15, -0.1) is 0 Å². The van der Waals surface area contributed by atoms with Crippen molar-refractivity contribution in [1.29, 1.82) is 0 Å². The van der Waals surface area contributed by atoms with Crippen LogP contribution < -0.4 is 10.6 Å². The van der Waals surface area contributed by atoms with E-state index in [9.17, 15) is 14.0 Å². The summed E-state index contributed by atoms with van der Waals surface area (Å²) in [5, 5.41) is 6.27. The van der Waals surface area contributed by atoms with E-state index in [0.29, 0.717) is 23.0 Å². The second kappa shape index (κ2) is 10.8. The second-order valence-electron chi connectivity index (χ2n) is 7.03. The standard InChI is InChI=1S/C23H25FN4O2S/c1-3-4-11-25-22(30)17-6-9-19(10-7-17)28-13-12-26-23(28)31-15-21(29)27-20-14-18(24)8-5-16(20)2/h5-10,12-14H,3-4,11,15H2,1-2H3,(H,25,30)(H,27,29). The highest BCUT2D eigenvalue weighted by Crippen LogP contribution is 2.22. The fraction of sp³-hybridized carbons (Fsp3) is 0.261. The molecule has 0 spiro atoms. The molecule has 0 fully saturated rings. The summed E-state index contributed by atoms with van der Waals surface area (Å²) in [6, 6.07) is 11.5. The summed E-state index contributed by atoms with van der Waals surface area (Å²) < 4.78 is 15.3. The van der Waals surface area contributed by atoms with Crippen molar-refractivity contribution < 1.29 is 14.0 Å². The van der Waals surface area contributed by atoms with Crippen molar-refractivity contribution in [3.05, 3.63) is 71.8 Å². The van der Waals surface area contributed by atoms with E-state index >= 15 is 0 Å². The number of hydrogen-bond donors (Lipinski definition) is 2. The number of thioether (sulfide) groups is 1. The van der Waals surface area contributed by atoms with Gasteiger partial charge in [0.05, 0.1) is 5.75 Å². The van der Waals surface area contributed by atoms with Crippen LogP contribution in [0.3, 0.4) is 0 Å². The smallest absolute Gasteiger partial charge is 0.251 e. The Hall–Kier alpha value is -3.13. The highest BCUT2D eigenvalue weighted by molar-refractivity contribution is 7.99. The molecule has 0 bridgehead atoms. The maximum Gasteiger partial charge on any atom is 0.251 e. The van der Waals surface area contributed by atoms with E-state index in [4.69, 9.17) is 0 Å². The number of anilines is 1. The maximum absolute atomic E-state index is 13.4. The molecule has 1 heterocycles. The van der Waals surface area contributed by atoms with E-state index in [0.717, 1.165) is 24.1 Å². The minimum atomic E-state index is -0.397. The molecule has 2 amide bonds. The molecule has 2 N–H and O–H groups in total. The van der Waals surface area contributed by atoms with Crippen LogP contribution in [0, 0.1) is 12.7 Å². The van der Waals surface area contributed by atoms with Crippen LogP contribution in [-0.4, -0.2) is 33.7 Å². The molecule has 8 heteroatoms. The fourth-order valence-electron chi connectivity index (χ4n) is 2.89. The molecule has 31 heavy (non-hydrogen) atoms. The van der Waals surface area contributed by atoms with Gasteiger partial charge in [0.2, 0.25) is 5.91 Å². The lowest BCUT2D eigenvalue weighted by atomic mass is 10.2. The van der Waals surface area contributed by atoms with E-state index < -0.39 is 5.82 Å². The molecule has 3 rings (SSSR count). The molecule has 0 radical (unpaired) electrons. The van der Waals surface area contributed by atoms with Crippen molar-refractivity contribution in [3.63, 3.8) is 0 Å². The molecule has 0 unspecified atom stereocenters. The Kier molecular flexibility index (Phi) is 7.83. The molecule has 1 aromatic heterocycles. The van der Waals surface area contributed by atoms with Gasteiger partial charge in [0.25, 0.3) is 5.91 Å². The lowest BCUT2D eigenvalue weighted by Crippen LogP contribution is -2.24. The van der Waals surface area contributed by atoms with Gasteiger partial charge >= 0.3 is 0 Å². The summed E-state index contributed by atoms with van der Waals surface area (Å²) in [6.45, 7) is 4.55. The number of carbonyl (C=O) groups excluding carboxylic acids is 2. The Bertz CT molecular complexity index is 1050. The van der Waals surface area contributed by atoms with Gasteiger partial charge in [-0.3, -0.25) is 14.2 Å². The SMILES string of the molecule is CCCCNC(=O)c1ccc(-n2ccnc2SCC(=O)Nc2cc(F)ccc2C)cc1. The number of carbonyl (C=O) groups is 2. The van der Waals surface area contributed by atoms with Crippen molar-refractivity contribution in [2.75, 3.05) is 17.6 Å². The second-order valence-corrected chi connectivity index (χ2v) is 7.97. The van der Waals surface area contributed by atoms with Gasteiger partial charge in [0.1, 0.15) is 5.82 Å². The number of unbranched alkanes of at least 4 members (excludes halogenated alkanes) is 1. The van der Waals surface area contributed by atoms with Crippen molar-refractivity contribution in [1.82, 2.24) is 14.9 Å². The number of hydrogen-bond acceptors (Lipinski definition) is 4. The molecule has 0 aliphatic heterocycles. The van der Waals surface area contributed by atoms with Gasteiger partial charge in [-0.05, 0) is 55.3 Å². The molecule has 6 nitrogen and oxygen atoms in total. The summed E-state index contributed by atoms with van der Waals surface area (Å²) >= 11 is 1.28. The van der Waals surface area contributed by atoms with E-state index in [2.05, 4.69) is 22.5 Å². The zero-order valence-corrected chi connectivity index (χ0v) is 18.3. The molecular weight excluding hydrogens is 415 g/mol. The zero-order valence-electron chi connectivity index (χ0n) is 17.5. The average Bonchev–Trinajstić information content (AvgIpc) is 3.24. The molecule has 3 aromatic rings. The number of imidazole rings is 1. The third-order valence-corrected chi connectivity index (χ3v) is 5.60. The van der Waals surface area contributed by atoms with Crippen LogP contribution in [0.25, 0.3) is 5.69 Å². The highest BCUT2D eigenvalue weighted by atomic mass is 32.2. The molecule has 0 saturated carbocycles. The van der Waals surface area contributed by atoms with E-state index in [1.165, 1.54) is 23.9 Å². The summed E-state index contributed by atoms with van der Waals surface area (Å²) in [4.78, 5) is 28.8. The first-order chi connectivity index (χ1) is 15.0. The van der Waals surface area contributed by atoms with Gasteiger partial charge in [0.15, 0.2) is 5.16 Å². The normalized spacial score (nSPS) is 10.7. The van der Waals surface area contributed by atoms with E-state index in [1.807, 2.05) is 23.6 Å². The van der Waals surface area contributed by atoms with Crippen LogP contribution in [0.4, 0.5) is 10.1 Å². The van der Waals surface area contributed by atoms with Crippen LogP contribution in [0.1, 0.15) is 35.7 Å². The zero-order chi connectivity index (χ0) is 22.2. The van der Waals surface area contributed by atoms with Gasteiger partial charge in [0, 0.05) is 35.9 Å². The number of benzene rings is 2. The predicted octanol–water partition coefficient (Wildman–Crippen LogP) is 4.58. The summed E-state index contributed by atoms with van der Waals surface area (Å²) in [7, 11) is 0. The molecule has 162 valence electrons.